The average molecular weight is 198 g/mol. The van der Waals surface area contributed by atoms with Crippen molar-refractivity contribution in [2.24, 2.45) is 5.73 Å². The van der Waals surface area contributed by atoms with E-state index in [9.17, 15) is 4.79 Å². The molecular weight excluding hydrogens is 184 g/mol. The lowest BCUT2D eigenvalue weighted by Gasteiger charge is -2.32. The van der Waals surface area contributed by atoms with Gasteiger partial charge >= 0.3 is 5.69 Å². The second-order valence-electron chi connectivity index (χ2n) is 3.78. The Hall–Kier alpha value is -1.14. The molecule has 2 heterocycles. The van der Waals surface area contributed by atoms with Gasteiger partial charge in [-0.1, -0.05) is 0 Å². The molecular formula is C8H14N4O2. The molecule has 0 atom stereocenters. The fraction of sp³-hybridized carbons (Fsp3) is 0.750. The van der Waals surface area contributed by atoms with Crippen LogP contribution in [0.25, 0.3) is 0 Å². The minimum Gasteiger partial charge on any atom is -0.381 e. The molecule has 6 heteroatoms. The Morgan fingerprint density at radius 1 is 1.50 bits per heavy atom. The molecule has 2 rings (SSSR count). The van der Waals surface area contributed by atoms with E-state index in [4.69, 9.17) is 10.5 Å². The first kappa shape index (κ1) is 9.42. The summed E-state index contributed by atoms with van der Waals surface area (Å²) >= 11 is 0. The first-order valence-electron chi connectivity index (χ1n) is 4.68. The maximum atomic E-state index is 10.8. The van der Waals surface area contributed by atoms with Crippen LogP contribution in [0.15, 0.2) is 4.79 Å². The van der Waals surface area contributed by atoms with E-state index in [1.807, 2.05) is 0 Å². The normalized spacial score (nSPS) is 20.9. The van der Waals surface area contributed by atoms with E-state index in [1.165, 1.54) is 0 Å². The zero-order chi connectivity index (χ0) is 10.0. The van der Waals surface area contributed by atoms with Crippen molar-refractivity contribution in [1.29, 1.82) is 0 Å². The summed E-state index contributed by atoms with van der Waals surface area (Å²) in [5.74, 6) is 0.624. The van der Waals surface area contributed by atoms with E-state index in [1.54, 1.807) is 0 Å². The Morgan fingerprint density at radius 3 is 2.79 bits per heavy atom. The molecule has 0 amide bonds. The first-order chi connectivity index (χ1) is 6.68. The molecule has 14 heavy (non-hydrogen) atoms. The van der Waals surface area contributed by atoms with Crippen molar-refractivity contribution in [1.82, 2.24) is 15.2 Å². The van der Waals surface area contributed by atoms with Gasteiger partial charge in [0.15, 0.2) is 0 Å². The van der Waals surface area contributed by atoms with Crippen LogP contribution in [-0.2, 0) is 11.2 Å². The number of hydrogen-bond donors (Lipinski definition) is 3. The lowest BCUT2D eigenvalue weighted by atomic mass is 9.88. The van der Waals surface area contributed by atoms with Gasteiger partial charge in [0.1, 0.15) is 5.82 Å². The maximum absolute atomic E-state index is 10.8. The van der Waals surface area contributed by atoms with Crippen molar-refractivity contribution in [2.45, 2.75) is 24.8 Å². The van der Waals surface area contributed by atoms with Gasteiger partial charge in [0, 0.05) is 25.2 Å². The maximum Gasteiger partial charge on any atom is 0.340 e. The quantitative estimate of drug-likeness (QED) is 0.576. The number of ether oxygens (including phenoxy) is 1. The van der Waals surface area contributed by atoms with Crippen LogP contribution in [0, 0.1) is 0 Å². The summed E-state index contributed by atoms with van der Waals surface area (Å²) in [4.78, 5) is 13.4. The molecule has 6 nitrogen and oxygen atoms in total. The zero-order valence-corrected chi connectivity index (χ0v) is 7.88. The Balaban J connectivity index is 2.05. The fourth-order valence-corrected chi connectivity index (χ4v) is 1.68. The minimum atomic E-state index is -0.282. The Kier molecular flexibility index (Phi) is 2.39. The van der Waals surface area contributed by atoms with Gasteiger partial charge in [-0.2, -0.15) is 5.10 Å². The fourth-order valence-electron chi connectivity index (χ4n) is 1.68. The van der Waals surface area contributed by atoms with Crippen molar-refractivity contribution >= 4 is 0 Å². The van der Waals surface area contributed by atoms with Gasteiger partial charge in [-0.15, -0.1) is 0 Å². The molecule has 0 aliphatic carbocycles. The van der Waals surface area contributed by atoms with Gasteiger partial charge in [0.2, 0.25) is 0 Å². The van der Waals surface area contributed by atoms with Crippen molar-refractivity contribution in [3.05, 3.63) is 16.3 Å². The summed E-state index contributed by atoms with van der Waals surface area (Å²) in [5.41, 5.74) is 5.58. The third-order valence-corrected chi connectivity index (χ3v) is 2.56. The van der Waals surface area contributed by atoms with Gasteiger partial charge in [0.25, 0.3) is 0 Å². The topological polar surface area (TPSA) is 96.8 Å². The number of nitrogens with zero attached hydrogens (tertiary/aromatic N) is 1. The Labute approximate surface area is 80.8 Å². The van der Waals surface area contributed by atoms with Crippen molar-refractivity contribution in [2.75, 3.05) is 13.2 Å². The predicted molar refractivity (Wildman–Crippen MR) is 49.9 cm³/mol. The highest BCUT2D eigenvalue weighted by atomic mass is 16.5. The molecule has 1 aliphatic rings. The second-order valence-corrected chi connectivity index (χ2v) is 3.78. The number of aromatic nitrogens is 3. The number of nitrogens with two attached hydrogens (primary N) is 1. The number of aromatic amines is 2. The van der Waals surface area contributed by atoms with Crippen LogP contribution in [0.1, 0.15) is 18.7 Å². The number of hydrogen-bond acceptors (Lipinski definition) is 4. The molecule has 1 aromatic rings. The monoisotopic (exact) mass is 198 g/mol. The molecule has 1 saturated heterocycles. The van der Waals surface area contributed by atoms with E-state index >= 15 is 0 Å². The molecule has 4 N–H and O–H groups in total. The van der Waals surface area contributed by atoms with Crippen molar-refractivity contribution in [3.8, 4) is 0 Å². The minimum absolute atomic E-state index is 0.281. The van der Waals surface area contributed by atoms with Gasteiger partial charge in [0.05, 0.1) is 0 Å². The van der Waals surface area contributed by atoms with Gasteiger partial charge in [-0.05, 0) is 12.8 Å². The summed E-state index contributed by atoms with van der Waals surface area (Å²) in [6.07, 6.45) is 2.21. The molecule has 0 bridgehead atoms. The van der Waals surface area contributed by atoms with Crippen LogP contribution in [0.4, 0.5) is 0 Å². The van der Waals surface area contributed by atoms with E-state index in [0.29, 0.717) is 25.5 Å². The molecule has 0 radical (unpaired) electrons. The molecule has 1 aromatic heterocycles. The number of nitrogens with one attached hydrogen (secondary N) is 2. The summed E-state index contributed by atoms with van der Waals surface area (Å²) in [6.45, 7) is 1.37. The van der Waals surface area contributed by atoms with Crippen molar-refractivity contribution < 1.29 is 4.74 Å². The second kappa shape index (κ2) is 3.55. The summed E-state index contributed by atoms with van der Waals surface area (Å²) < 4.78 is 5.23. The third kappa shape index (κ3) is 2.02. The smallest absolute Gasteiger partial charge is 0.340 e. The number of rotatable bonds is 2. The average Bonchev–Trinajstić information content (AvgIpc) is 2.51. The Bertz CT molecular complexity index is 350. The van der Waals surface area contributed by atoms with Crippen LogP contribution in [0.5, 0.6) is 0 Å². The van der Waals surface area contributed by atoms with Gasteiger partial charge in [-0.3, -0.25) is 4.98 Å². The van der Waals surface area contributed by atoms with Gasteiger partial charge in [-0.25, -0.2) is 9.89 Å². The molecule has 1 aliphatic heterocycles. The Morgan fingerprint density at radius 2 is 2.21 bits per heavy atom. The van der Waals surface area contributed by atoms with E-state index in [2.05, 4.69) is 15.2 Å². The lowest BCUT2D eigenvalue weighted by molar-refractivity contribution is 0.0527. The molecule has 78 valence electrons. The van der Waals surface area contributed by atoms with Crippen LogP contribution in [-0.4, -0.2) is 33.9 Å². The van der Waals surface area contributed by atoms with E-state index < -0.39 is 0 Å². The highest BCUT2D eigenvalue weighted by Crippen LogP contribution is 2.20. The highest BCUT2D eigenvalue weighted by Gasteiger charge is 2.29. The van der Waals surface area contributed by atoms with Crippen LogP contribution in [0.2, 0.25) is 0 Å². The van der Waals surface area contributed by atoms with Crippen molar-refractivity contribution in [3.63, 3.8) is 0 Å². The van der Waals surface area contributed by atoms with Crippen LogP contribution >= 0.6 is 0 Å². The SMILES string of the molecule is NC1(Cc2n[nH]c(=O)[nH]2)CCOCC1. The highest BCUT2D eigenvalue weighted by molar-refractivity contribution is 4.96. The molecule has 1 fully saturated rings. The largest absolute Gasteiger partial charge is 0.381 e. The van der Waals surface area contributed by atoms with Crippen LogP contribution < -0.4 is 11.4 Å². The van der Waals surface area contributed by atoms with E-state index in [-0.39, 0.29) is 11.2 Å². The number of H-pyrrole nitrogens is 2. The molecule has 0 saturated carbocycles. The summed E-state index contributed by atoms with van der Waals surface area (Å²) in [5, 5.41) is 6.17. The third-order valence-electron chi connectivity index (χ3n) is 2.56. The summed E-state index contributed by atoms with van der Waals surface area (Å²) in [6, 6.07) is 0. The first-order valence-corrected chi connectivity index (χ1v) is 4.68. The van der Waals surface area contributed by atoms with Gasteiger partial charge < -0.3 is 10.5 Å². The standard InChI is InChI=1S/C8H14N4O2/c9-8(1-3-14-4-2-8)5-6-10-7(13)12-11-6/h1-5,9H2,(H2,10,11,12,13). The zero-order valence-electron chi connectivity index (χ0n) is 7.88. The molecule has 0 unspecified atom stereocenters. The van der Waals surface area contributed by atoms with Crippen LogP contribution in [0.3, 0.4) is 0 Å². The van der Waals surface area contributed by atoms with E-state index in [0.717, 1.165) is 12.8 Å². The lowest BCUT2D eigenvalue weighted by Crippen LogP contribution is -2.47. The predicted octanol–water partition coefficient (Wildman–Crippen LogP) is -0.852. The molecule has 0 spiro atoms. The molecule has 0 aromatic carbocycles. The summed E-state index contributed by atoms with van der Waals surface area (Å²) in [7, 11) is 0.